The number of carbonyl (C=O) groups is 1. The first-order valence-corrected chi connectivity index (χ1v) is 16.5. The van der Waals surface area contributed by atoms with E-state index in [1.165, 1.54) is 18.9 Å². The molecule has 3 fully saturated rings. The van der Waals surface area contributed by atoms with Crippen LogP contribution in [0.5, 0.6) is 0 Å². The second kappa shape index (κ2) is 15.3. The summed E-state index contributed by atoms with van der Waals surface area (Å²) in [6.07, 6.45) is 11.6. The number of benzene rings is 1. The highest BCUT2D eigenvalue weighted by atomic mass is 19.3. The van der Waals surface area contributed by atoms with E-state index in [0.29, 0.717) is 23.2 Å². The largest absolute Gasteiger partial charge is 0.380 e. The minimum absolute atomic E-state index is 0.0109. The molecule has 2 heterocycles. The van der Waals surface area contributed by atoms with Gasteiger partial charge in [0, 0.05) is 29.8 Å². The number of aromatic nitrogens is 2. The molecule has 244 valence electrons. The summed E-state index contributed by atoms with van der Waals surface area (Å²) in [5.41, 5.74) is 1.19. The van der Waals surface area contributed by atoms with Crippen LogP contribution in [0.1, 0.15) is 106 Å². The van der Waals surface area contributed by atoms with Crippen molar-refractivity contribution >= 4 is 17.5 Å². The Bertz CT molecular complexity index is 1370. The summed E-state index contributed by atoms with van der Waals surface area (Å²) in [5, 5.41) is 10.7. The van der Waals surface area contributed by atoms with Gasteiger partial charge in [0.1, 0.15) is 23.1 Å². The van der Waals surface area contributed by atoms with E-state index in [4.69, 9.17) is 4.74 Å². The fourth-order valence-corrected chi connectivity index (χ4v) is 7.89. The van der Waals surface area contributed by atoms with Crippen molar-refractivity contribution in [3.63, 3.8) is 0 Å². The molecule has 1 saturated heterocycles. The standard InChI is InChI=1S/C35H45F3N4O3/c1-22(2)42-31(15-16-39-42)35(44)41-34(33(23-9-5-3-6-10-23)24-11-7-4-8-12-24)30(19-43)40-26-13-14-27(29(36)18-26)28-21-45-20-25(28)17-32(37)38/h13-18,22-25,28,33-34,40H,3-12,20-21H2,1-2H3,(H,41,44)/t25-,28-,34-/m1/s1. The second-order valence-corrected chi connectivity index (χ2v) is 13.2. The molecule has 3 atom stereocenters. The van der Waals surface area contributed by atoms with Crippen molar-refractivity contribution < 1.29 is 27.5 Å². The fourth-order valence-electron chi connectivity index (χ4n) is 7.89. The zero-order valence-corrected chi connectivity index (χ0v) is 26.2. The Morgan fingerprint density at radius 3 is 2.27 bits per heavy atom. The van der Waals surface area contributed by atoms with E-state index >= 15 is 4.39 Å². The SMILES string of the molecule is CC(C)n1nccc1C(=O)N[C@H](C(=C=O)Nc1ccc([C@@H]2COC[C@H]2C=C(F)F)c(F)c1)C(C1CCCCC1)C1CCCCC1. The van der Waals surface area contributed by atoms with Gasteiger partial charge in [-0.25, -0.2) is 9.18 Å². The van der Waals surface area contributed by atoms with Crippen LogP contribution in [0.2, 0.25) is 0 Å². The van der Waals surface area contributed by atoms with E-state index in [0.717, 1.165) is 57.4 Å². The molecule has 2 aliphatic carbocycles. The third-order valence-corrected chi connectivity index (χ3v) is 10.0. The summed E-state index contributed by atoms with van der Waals surface area (Å²) >= 11 is 0. The predicted octanol–water partition coefficient (Wildman–Crippen LogP) is 7.82. The van der Waals surface area contributed by atoms with Crippen LogP contribution in [0, 0.1) is 29.5 Å². The van der Waals surface area contributed by atoms with Gasteiger partial charge >= 0.3 is 0 Å². The van der Waals surface area contributed by atoms with Crippen molar-refractivity contribution in [1.29, 1.82) is 0 Å². The number of hydrogen-bond donors (Lipinski definition) is 2. The molecular formula is C35H45F3N4O3. The van der Waals surface area contributed by atoms with Gasteiger partial charge in [-0.3, -0.25) is 9.48 Å². The summed E-state index contributed by atoms with van der Waals surface area (Å²) in [6.45, 7) is 4.15. The van der Waals surface area contributed by atoms with Crippen molar-refractivity contribution in [3.05, 3.63) is 65.4 Å². The topological polar surface area (TPSA) is 85.2 Å². The smallest absolute Gasteiger partial charge is 0.270 e. The molecule has 7 nitrogen and oxygen atoms in total. The first-order chi connectivity index (χ1) is 21.8. The molecule has 1 amide bonds. The molecule has 0 radical (unpaired) electrons. The van der Waals surface area contributed by atoms with Gasteiger partial charge in [-0.05, 0) is 61.4 Å². The second-order valence-electron chi connectivity index (χ2n) is 13.2. The molecule has 2 saturated carbocycles. The molecule has 0 bridgehead atoms. The van der Waals surface area contributed by atoms with Gasteiger partial charge in [-0.1, -0.05) is 70.3 Å². The molecule has 45 heavy (non-hydrogen) atoms. The summed E-state index contributed by atoms with van der Waals surface area (Å²) in [5.74, 6) is 0.709. The van der Waals surface area contributed by atoms with E-state index in [1.54, 1.807) is 29.1 Å². The lowest BCUT2D eigenvalue weighted by Gasteiger charge is -2.42. The number of carbonyl (C=O) groups excluding carboxylic acids is 2. The number of nitrogens with zero attached hydrogens (tertiary/aromatic N) is 2. The van der Waals surface area contributed by atoms with Gasteiger partial charge in [0.25, 0.3) is 12.0 Å². The third kappa shape index (κ3) is 7.90. The van der Waals surface area contributed by atoms with E-state index < -0.39 is 29.8 Å². The third-order valence-electron chi connectivity index (χ3n) is 10.0. The number of hydrogen-bond acceptors (Lipinski definition) is 5. The Labute approximate surface area is 263 Å². The number of halogens is 3. The van der Waals surface area contributed by atoms with Gasteiger partial charge in [-0.2, -0.15) is 13.9 Å². The highest BCUT2D eigenvalue weighted by Gasteiger charge is 2.40. The summed E-state index contributed by atoms with van der Waals surface area (Å²) in [4.78, 5) is 26.7. The Morgan fingerprint density at radius 1 is 1.02 bits per heavy atom. The van der Waals surface area contributed by atoms with Crippen LogP contribution >= 0.6 is 0 Å². The molecule has 1 aromatic heterocycles. The average molecular weight is 627 g/mol. The molecule has 0 spiro atoms. The van der Waals surface area contributed by atoms with Crippen LogP contribution in [0.3, 0.4) is 0 Å². The first kappa shape index (κ1) is 33.0. The van der Waals surface area contributed by atoms with E-state index in [-0.39, 0.29) is 42.3 Å². The molecule has 1 aliphatic heterocycles. The molecule has 3 aliphatic rings. The van der Waals surface area contributed by atoms with Crippen molar-refractivity contribution in [3.8, 4) is 0 Å². The quantitative estimate of drug-likeness (QED) is 0.249. The van der Waals surface area contributed by atoms with Gasteiger partial charge in [-0.15, -0.1) is 0 Å². The molecule has 1 aromatic carbocycles. The van der Waals surface area contributed by atoms with Crippen LogP contribution < -0.4 is 10.6 Å². The Balaban J connectivity index is 1.47. The normalized spacial score (nSPS) is 21.8. The van der Waals surface area contributed by atoms with Crippen LogP contribution in [0.4, 0.5) is 18.9 Å². The van der Waals surface area contributed by atoms with Crippen molar-refractivity contribution in [1.82, 2.24) is 15.1 Å². The maximum atomic E-state index is 15.5. The lowest BCUT2D eigenvalue weighted by Crippen LogP contribution is -2.50. The number of rotatable bonds is 11. The molecule has 0 unspecified atom stereocenters. The van der Waals surface area contributed by atoms with Gasteiger partial charge in [0.15, 0.2) is 0 Å². The number of ether oxygens (including phenoxy) is 1. The van der Waals surface area contributed by atoms with E-state index in [2.05, 4.69) is 21.7 Å². The molecule has 5 rings (SSSR count). The zero-order chi connectivity index (χ0) is 31.9. The minimum Gasteiger partial charge on any atom is -0.380 e. The van der Waals surface area contributed by atoms with Crippen LogP contribution in [-0.2, 0) is 9.53 Å². The van der Waals surface area contributed by atoms with Gasteiger partial charge in [0.05, 0.1) is 19.3 Å². The van der Waals surface area contributed by atoms with Crippen molar-refractivity contribution in [2.75, 3.05) is 18.5 Å². The highest BCUT2D eigenvalue weighted by Crippen LogP contribution is 2.43. The van der Waals surface area contributed by atoms with Crippen LogP contribution in [0.25, 0.3) is 0 Å². The molecule has 2 aromatic rings. The molecular weight excluding hydrogens is 581 g/mol. The van der Waals surface area contributed by atoms with Crippen molar-refractivity contribution in [2.24, 2.45) is 23.7 Å². The Kier molecular flexibility index (Phi) is 11.2. The zero-order valence-electron chi connectivity index (χ0n) is 26.2. The summed E-state index contributed by atoms with van der Waals surface area (Å²) in [7, 11) is 0. The minimum atomic E-state index is -1.81. The van der Waals surface area contributed by atoms with Gasteiger partial charge in [0.2, 0.25) is 0 Å². The predicted molar refractivity (Wildman–Crippen MR) is 167 cm³/mol. The number of anilines is 1. The maximum absolute atomic E-state index is 15.5. The summed E-state index contributed by atoms with van der Waals surface area (Å²) < 4.78 is 48.6. The van der Waals surface area contributed by atoms with Crippen LogP contribution in [0.15, 0.2) is 48.3 Å². The fraction of sp³-hybridized carbons (Fsp3) is 0.600. The monoisotopic (exact) mass is 626 g/mol. The Hall–Kier alpha value is -3.36. The highest BCUT2D eigenvalue weighted by molar-refractivity contribution is 5.93. The van der Waals surface area contributed by atoms with Gasteiger partial charge < -0.3 is 15.4 Å². The van der Waals surface area contributed by atoms with E-state index in [9.17, 15) is 18.4 Å². The Morgan fingerprint density at radius 2 is 1.69 bits per heavy atom. The average Bonchev–Trinajstić information content (AvgIpc) is 3.71. The summed E-state index contributed by atoms with van der Waals surface area (Å²) in [6, 6.07) is 5.46. The van der Waals surface area contributed by atoms with Crippen LogP contribution in [-0.4, -0.2) is 40.9 Å². The molecule has 10 heteroatoms. The first-order valence-electron chi connectivity index (χ1n) is 16.5. The van der Waals surface area contributed by atoms with E-state index in [1.807, 2.05) is 13.8 Å². The number of nitrogens with one attached hydrogen (secondary N) is 2. The maximum Gasteiger partial charge on any atom is 0.270 e. The molecule has 2 N–H and O–H groups in total. The lowest BCUT2D eigenvalue weighted by atomic mass is 9.66. The van der Waals surface area contributed by atoms with Crippen molar-refractivity contribution in [2.45, 2.75) is 96.1 Å². The number of amides is 1. The lowest BCUT2D eigenvalue weighted by molar-refractivity contribution is 0.0826.